The van der Waals surface area contributed by atoms with Crippen LogP contribution in [0.4, 0.5) is 0 Å². The summed E-state index contributed by atoms with van der Waals surface area (Å²) in [5.74, 6) is 1.22. The Kier molecular flexibility index (Phi) is 2.58. The van der Waals surface area contributed by atoms with Crippen molar-refractivity contribution in [2.75, 3.05) is 14.2 Å². The molecule has 4 heteroatoms. The predicted molar refractivity (Wildman–Crippen MR) is 55.0 cm³/mol. The smallest absolute Gasteiger partial charge is 0.313 e. The van der Waals surface area contributed by atoms with E-state index in [1.807, 2.05) is 24.3 Å². The molecule has 2 aromatic rings. The lowest BCUT2D eigenvalue weighted by atomic mass is 10.1. The molecule has 0 radical (unpaired) electrons. The Morgan fingerprint density at radius 3 is 2.40 bits per heavy atom. The van der Waals surface area contributed by atoms with Crippen molar-refractivity contribution in [2.24, 2.45) is 0 Å². The first-order valence-corrected chi connectivity index (χ1v) is 4.47. The number of methoxy groups -OCH3 is 2. The molecule has 0 fully saturated rings. The van der Waals surface area contributed by atoms with Gasteiger partial charge in [-0.05, 0) is 24.3 Å². The summed E-state index contributed by atoms with van der Waals surface area (Å²) in [6, 6.07) is 7.53. The molecule has 1 aromatic heterocycles. The molecule has 0 unspecified atom stereocenters. The van der Waals surface area contributed by atoms with Gasteiger partial charge in [-0.1, -0.05) is 0 Å². The molecule has 0 spiro atoms. The van der Waals surface area contributed by atoms with Crippen molar-refractivity contribution in [1.82, 2.24) is 4.98 Å². The second-order valence-electron chi connectivity index (χ2n) is 2.92. The highest BCUT2D eigenvalue weighted by Gasteiger charge is 2.10. The van der Waals surface area contributed by atoms with Crippen molar-refractivity contribution >= 4 is 0 Å². The lowest BCUT2D eigenvalue weighted by Gasteiger charge is -2.01. The van der Waals surface area contributed by atoms with Crippen LogP contribution in [0.5, 0.6) is 11.7 Å². The Morgan fingerprint density at radius 2 is 1.80 bits per heavy atom. The maximum atomic E-state index is 5.07. The highest BCUT2D eigenvalue weighted by molar-refractivity contribution is 5.64. The van der Waals surface area contributed by atoms with E-state index < -0.39 is 0 Å². The van der Waals surface area contributed by atoms with Crippen molar-refractivity contribution < 1.29 is 13.9 Å². The summed E-state index contributed by atoms with van der Waals surface area (Å²) in [7, 11) is 3.18. The molecule has 0 aliphatic heterocycles. The summed E-state index contributed by atoms with van der Waals surface area (Å²) in [5, 5.41) is 0. The van der Waals surface area contributed by atoms with Crippen LogP contribution in [0.2, 0.25) is 0 Å². The van der Waals surface area contributed by atoms with Gasteiger partial charge < -0.3 is 13.9 Å². The third kappa shape index (κ3) is 1.79. The zero-order valence-electron chi connectivity index (χ0n) is 8.56. The van der Waals surface area contributed by atoms with E-state index in [2.05, 4.69) is 4.98 Å². The SMILES string of the molecule is COc1ccc(-c2ncoc2OC)cc1. The van der Waals surface area contributed by atoms with E-state index in [9.17, 15) is 0 Å². The molecule has 0 aliphatic carbocycles. The Hall–Kier alpha value is -1.97. The molecule has 0 bridgehead atoms. The molecule has 0 N–H and O–H groups in total. The van der Waals surface area contributed by atoms with Crippen LogP contribution in [0.1, 0.15) is 0 Å². The van der Waals surface area contributed by atoms with Crippen molar-refractivity contribution in [3.05, 3.63) is 30.7 Å². The summed E-state index contributed by atoms with van der Waals surface area (Å²) in [6.45, 7) is 0. The number of nitrogens with zero attached hydrogens (tertiary/aromatic N) is 1. The minimum atomic E-state index is 0.417. The van der Waals surface area contributed by atoms with Gasteiger partial charge in [0.25, 0.3) is 0 Å². The third-order valence-corrected chi connectivity index (χ3v) is 2.08. The van der Waals surface area contributed by atoms with E-state index in [0.29, 0.717) is 11.6 Å². The fourth-order valence-electron chi connectivity index (χ4n) is 1.32. The largest absolute Gasteiger partial charge is 0.497 e. The summed E-state index contributed by atoms with van der Waals surface area (Å²) < 4.78 is 15.2. The van der Waals surface area contributed by atoms with Gasteiger partial charge in [-0.15, -0.1) is 0 Å². The molecule has 0 atom stereocenters. The highest BCUT2D eigenvalue weighted by atomic mass is 16.6. The topological polar surface area (TPSA) is 44.5 Å². The number of hydrogen-bond acceptors (Lipinski definition) is 4. The van der Waals surface area contributed by atoms with Gasteiger partial charge in [0, 0.05) is 5.56 Å². The number of ether oxygens (including phenoxy) is 2. The lowest BCUT2D eigenvalue weighted by molar-refractivity contribution is 0.306. The van der Waals surface area contributed by atoms with E-state index in [-0.39, 0.29) is 0 Å². The predicted octanol–water partition coefficient (Wildman–Crippen LogP) is 2.36. The van der Waals surface area contributed by atoms with Crippen LogP contribution < -0.4 is 9.47 Å². The summed E-state index contributed by atoms with van der Waals surface area (Å²) in [5.41, 5.74) is 1.63. The highest BCUT2D eigenvalue weighted by Crippen LogP contribution is 2.29. The van der Waals surface area contributed by atoms with E-state index in [1.54, 1.807) is 14.2 Å². The first-order chi connectivity index (χ1) is 7.35. The normalized spacial score (nSPS) is 10.0. The van der Waals surface area contributed by atoms with Crippen molar-refractivity contribution in [3.63, 3.8) is 0 Å². The molecule has 15 heavy (non-hydrogen) atoms. The second kappa shape index (κ2) is 4.04. The first kappa shape index (κ1) is 9.58. The zero-order valence-corrected chi connectivity index (χ0v) is 8.56. The van der Waals surface area contributed by atoms with Crippen LogP contribution in [-0.4, -0.2) is 19.2 Å². The van der Waals surface area contributed by atoms with Gasteiger partial charge in [0.2, 0.25) is 0 Å². The van der Waals surface area contributed by atoms with Crippen LogP contribution >= 0.6 is 0 Å². The van der Waals surface area contributed by atoms with Gasteiger partial charge in [-0.25, -0.2) is 4.98 Å². The van der Waals surface area contributed by atoms with E-state index in [4.69, 9.17) is 13.9 Å². The van der Waals surface area contributed by atoms with E-state index in [1.165, 1.54) is 6.39 Å². The maximum Gasteiger partial charge on any atom is 0.313 e. The summed E-state index contributed by atoms with van der Waals surface area (Å²) in [4.78, 5) is 4.08. The van der Waals surface area contributed by atoms with Crippen LogP contribution in [0.25, 0.3) is 11.3 Å². The fourth-order valence-corrected chi connectivity index (χ4v) is 1.32. The van der Waals surface area contributed by atoms with E-state index in [0.717, 1.165) is 11.3 Å². The molecular weight excluding hydrogens is 194 g/mol. The molecular formula is C11H11NO3. The minimum Gasteiger partial charge on any atom is -0.497 e. The van der Waals surface area contributed by atoms with Gasteiger partial charge in [-0.2, -0.15) is 0 Å². The second-order valence-corrected chi connectivity index (χ2v) is 2.92. The van der Waals surface area contributed by atoms with E-state index >= 15 is 0 Å². The zero-order chi connectivity index (χ0) is 10.7. The van der Waals surface area contributed by atoms with Crippen LogP contribution in [0, 0.1) is 0 Å². The van der Waals surface area contributed by atoms with Crippen molar-refractivity contribution in [2.45, 2.75) is 0 Å². The van der Waals surface area contributed by atoms with Crippen LogP contribution in [-0.2, 0) is 0 Å². The summed E-state index contributed by atoms with van der Waals surface area (Å²) >= 11 is 0. The Labute approximate surface area is 87.5 Å². The number of aromatic nitrogens is 1. The van der Waals surface area contributed by atoms with Gasteiger partial charge >= 0.3 is 5.95 Å². The van der Waals surface area contributed by atoms with Gasteiger partial charge in [-0.3, -0.25) is 0 Å². The number of rotatable bonds is 3. The van der Waals surface area contributed by atoms with Gasteiger partial charge in [0.1, 0.15) is 5.75 Å². The molecule has 2 rings (SSSR count). The third-order valence-electron chi connectivity index (χ3n) is 2.08. The standard InChI is InChI=1S/C11H11NO3/c1-13-9-5-3-8(4-6-9)10-11(14-2)15-7-12-10/h3-7H,1-2H3. The molecule has 4 nitrogen and oxygen atoms in total. The average molecular weight is 205 g/mol. The fraction of sp³-hybridized carbons (Fsp3) is 0.182. The molecule has 0 aliphatic rings. The molecule has 0 amide bonds. The lowest BCUT2D eigenvalue weighted by Crippen LogP contribution is -1.86. The van der Waals surface area contributed by atoms with Crippen LogP contribution in [0.3, 0.4) is 0 Å². The summed E-state index contributed by atoms with van der Waals surface area (Å²) in [6.07, 6.45) is 1.36. The van der Waals surface area contributed by atoms with Crippen LogP contribution in [0.15, 0.2) is 35.1 Å². The Balaban J connectivity index is 2.37. The Bertz CT molecular complexity index is 433. The maximum absolute atomic E-state index is 5.07. The molecule has 78 valence electrons. The van der Waals surface area contributed by atoms with Gasteiger partial charge in [0.05, 0.1) is 14.2 Å². The number of hydrogen-bond donors (Lipinski definition) is 0. The minimum absolute atomic E-state index is 0.417. The first-order valence-electron chi connectivity index (χ1n) is 4.47. The molecule has 0 saturated heterocycles. The monoisotopic (exact) mass is 205 g/mol. The average Bonchev–Trinajstić information content (AvgIpc) is 2.77. The Morgan fingerprint density at radius 1 is 1.07 bits per heavy atom. The van der Waals surface area contributed by atoms with Crippen molar-refractivity contribution in [1.29, 1.82) is 0 Å². The molecule has 0 saturated carbocycles. The van der Waals surface area contributed by atoms with Gasteiger partial charge in [0.15, 0.2) is 12.1 Å². The van der Waals surface area contributed by atoms with Crippen molar-refractivity contribution in [3.8, 4) is 23.0 Å². The molecule has 1 heterocycles. The number of oxazole rings is 1. The quantitative estimate of drug-likeness (QED) is 0.771. The molecule has 1 aromatic carbocycles. The number of benzene rings is 1.